The van der Waals surface area contributed by atoms with Crippen molar-refractivity contribution in [2.75, 3.05) is 38.2 Å². The third kappa shape index (κ3) is 2.93. The molecule has 0 aromatic rings. The molecule has 14 heavy (non-hydrogen) atoms. The molecule has 1 heterocycles. The van der Waals surface area contributed by atoms with Crippen molar-refractivity contribution in [3.63, 3.8) is 0 Å². The maximum atomic E-state index is 11.2. The lowest BCUT2D eigenvalue weighted by Gasteiger charge is -2.46. The van der Waals surface area contributed by atoms with E-state index in [1.807, 2.05) is 6.92 Å². The number of nitrogens with zero attached hydrogens (tertiary/aromatic N) is 1. The highest BCUT2D eigenvalue weighted by Gasteiger charge is 2.38. The molecule has 0 saturated carbocycles. The minimum absolute atomic E-state index is 0.0595. The Bertz CT molecular complexity index is 280. The molecular weight excluding hydrogens is 202 g/mol. The fourth-order valence-corrected chi connectivity index (χ4v) is 2.42. The van der Waals surface area contributed by atoms with E-state index in [9.17, 15) is 8.42 Å². The van der Waals surface area contributed by atoms with Gasteiger partial charge in [-0.15, -0.1) is 0 Å². The van der Waals surface area contributed by atoms with E-state index in [0.717, 1.165) is 13.1 Å². The van der Waals surface area contributed by atoms with Crippen molar-refractivity contribution in [2.24, 2.45) is 0 Å². The third-order valence-electron chi connectivity index (χ3n) is 2.77. The second-order valence-corrected chi connectivity index (χ2v) is 6.57. The molecule has 84 valence electrons. The van der Waals surface area contributed by atoms with E-state index >= 15 is 0 Å². The largest absolute Gasteiger partial charge is 0.376 e. The van der Waals surface area contributed by atoms with Gasteiger partial charge >= 0.3 is 0 Å². The van der Waals surface area contributed by atoms with Crippen molar-refractivity contribution in [3.05, 3.63) is 0 Å². The van der Waals surface area contributed by atoms with Gasteiger partial charge in [0.25, 0.3) is 0 Å². The first-order chi connectivity index (χ1) is 6.41. The van der Waals surface area contributed by atoms with Crippen LogP contribution in [0.15, 0.2) is 0 Å². The van der Waals surface area contributed by atoms with Crippen LogP contribution in [0.5, 0.6) is 0 Å². The van der Waals surface area contributed by atoms with Crippen LogP contribution in [0.4, 0.5) is 0 Å². The first-order valence-electron chi connectivity index (χ1n) is 4.89. The molecule has 0 N–H and O–H groups in total. The number of hydrogen-bond acceptors (Lipinski definition) is 4. The average molecular weight is 221 g/mol. The molecule has 0 spiro atoms. The lowest BCUT2D eigenvalue weighted by Crippen LogP contribution is -2.61. The molecule has 0 aromatic carbocycles. The summed E-state index contributed by atoms with van der Waals surface area (Å²) in [7, 11) is -1.12. The monoisotopic (exact) mass is 221 g/mol. The van der Waals surface area contributed by atoms with Crippen LogP contribution in [-0.4, -0.2) is 57.2 Å². The van der Waals surface area contributed by atoms with Gasteiger partial charge in [0.1, 0.15) is 0 Å². The lowest BCUT2D eigenvalue weighted by molar-refractivity contribution is -0.108. The molecule has 0 atom stereocenters. The number of hydrogen-bond donors (Lipinski definition) is 0. The summed E-state index contributed by atoms with van der Waals surface area (Å²) >= 11 is 0. The molecule has 1 aliphatic heterocycles. The van der Waals surface area contributed by atoms with Crippen LogP contribution in [0.1, 0.15) is 13.8 Å². The molecular formula is C9H19NO3S. The smallest absolute Gasteiger partial charge is 0.151 e. The molecule has 1 fully saturated rings. The zero-order chi connectivity index (χ0) is 10.8. The second kappa shape index (κ2) is 4.16. The van der Waals surface area contributed by atoms with Gasteiger partial charge in [-0.1, -0.05) is 6.92 Å². The van der Waals surface area contributed by atoms with Gasteiger partial charge in [-0.3, -0.25) is 4.90 Å². The van der Waals surface area contributed by atoms with Gasteiger partial charge in [0.15, 0.2) is 9.84 Å². The van der Waals surface area contributed by atoms with Gasteiger partial charge in [0.2, 0.25) is 0 Å². The van der Waals surface area contributed by atoms with E-state index in [2.05, 4.69) is 4.90 Å². The van der Waals surface area contributed by atoms with Crippen LogP contribution in [0.25, 0.3) is 0 Å². The van der Waals surface area contributed by atoms with E-state index < -0.39 is 9.84 Å². The van der Waals surface area contributed by atoms with Gasteiger partial charge in [0, 0.05) is 32.5 Å². The van der Waals surface area contributed by atoms with Crippen molar-refractivity contribution in [3.8, 4) is 0 Å². The molecule has 0 radical (unpaired) electrons. The van der Waals surface area contributed by atoms with Crippen LogP contribution in [0.3, 0.4) is 0 Å². The van der Waals surface area contributed by atoms with E-state index in [1.165, 1.54) is 0 Å². The Labute approximate surface area is 86.2 Å². The SMILES string of the molecule is CCS(=O)(=O)CCN1CC(C)(OC)C1. The molecule has 1 rings (SSSR count). The minimum atomic E-state index is -2.82. The van der Waals surface area contributed by atoms with Crippen molar-refractivity contribution in [2.45, 2.75) is 19.4 Å². The highest BCUT2D eigenvalue weighted by Crippen LogP contribution is 2.23. The van der Waals surface area contributed by atoms with E-state index in [1.54, 1.807) is 14.0 Å². The average Bonchev–Trinajstić information content (AvgIpc) is 2.10. The predicted octanol–water partition coefficient (Wildman–Crippen LogP) is 0.142. The van der Waals surface area contributed by atoms with Crippen LogP contribution in [0, 0.1) is 0 Å². The van der Waals surface area contributed by atoms with Crippen molar-refractivity contribution in [1.29, 1.82) is 0 Å². The summed E-state index contributed by atoms with van der Waals surface area (Å²) in [5.74, 6) is 0.506. The fourth-order valence-electron chi connectivity index (χ4n) is 1.60. The Kier molecular flexibility index (Phi) is 3.55. The Morgan fingerprint density at radius 2 is 2.00 bits per heavy atom. The first-order valence-corrected chi connectivity index (χ1v) is 6.71. The van der Waals surface area contributed by atoms with Gasteiger partial charge in [-0.2, -0.15) is 0 Å². The summed E-state index contributed by atoms with van der Waals surface area (Å²) in [6.07, 6.45) is 0. The van der Waals surface area contributed by atoms with Crippen molar-refractivity contribution >= 4 is 9.84 Å². The molecule has 5 heteroatoms. The lowest BCUT2D eigenvalue weighted by atomic mass is 9.97. The standard InChI is InChI=1S/C9H19NO3S/c1-4-14(11,12)6-5-10-7-9(2,8-10)13-3/h4-8H2,1-3H3. The normalized spacial score (nSPS) is 21.9. The molecule has 1 saturated heterocycles. The molecule has 1 aliphatic rings. The number of sulfone groups is 1. The van der Waals surface area contributed by atoms with Gasteiger partial charge in [-0.05, 0) is 6.92 Å². The van der Waals surface area contributed by atoms with Crippen LogP contribution < -0.4 is 0 Å². The fraction of sp³-hybridized carbons (Fsp3) is 1.00. The van der Waals surface area contributed by atoms with Crippen molar-refractivity contribution in [1.82, 2.24) is 4.90 Å². The van der Waals surface area contributed by atoms with Gasteiger partial charge < -0.3 is 4.74 Å². The van der Waals surface area contributed by atoms with Crippen LogP contribution in [0.2, 0.25) is 0 Å². The number of likely N-dealkylation sites (tertiary alicyclic amines) is 1. The zero-order valence-electron chi connectivity index (χ0n) is 9.12. The molecule has 0 amide bonds. The van der Waals surface area contributed by atoms with E-state index in [4.69, 9.17) is 4.74 Å². The highest BCUT2D eigenvalue weighted by molar-refractivity contribution is 7.91. The summed E-state index contributed by atoms with van der Waals surface area (Å²) in [5.41, 5.74) is -0.0595. The molecule has 4 nitrogen and oxygen atoms in total. The summed E-state index contributed by atoms with van der Waals surface area (Å²) in [4.78, 5) is 2.11. The Hall–Kier alpha value is -0.130. The molecule has 0 unspecified atom stereocenters. The summed E-state index contributed by atoms with van der Waals surface area (Å²) < 4.78 is 27.7. The highest BCUT2D eigenvalue weighted by atomic mass is 32.2. The maximum absolute atomic E-state index is 11.2. The minimum Gasteiger partial charge on any atom is -0.376 e. The Balaban J connectivity index is 2.25. The molecule has 0 bridgehead atoms. The Morgan fingerprint density at radius 3 is 2.43 bits per heavy atom. The number of ether oxygens (including phenoxy) is 1. The van der Waals surface area contributed by atoms with Crippen LogP contribution >= 0.6 is 0 Å². The number of methoxy groups -OCH3 is 1. The van der Waals surface area contributed by atoms with Gasteiger partial charge in [-0.25, -0.2) is 8.42 Å². The number of rotatable bonds is 5. The quantitative estimate of drug-likeness (QED) is 0.662. The molecule has 0 aromatic heterocycles. The summed E-state index contributed by atoms with van der Waals surface area (Å²) in [6, 6.07) is 0. The van der Waals surface area contributed by atoms with E-state index in [-0.39, 0.29) is 17.1 Å². The third-order valence-corrected chi connectivity index (χ3v) is 4.45. The summed E-state index contributed by atoms with van der Waals surface area (Å²) in [5, 5.41) is 0. The Morgan fingerprint density at radius 1 is 1.43 bits per heavy atom. The van der Waals surface area contributed by atoms with Gasteiger partial charge in [0.05, 0.1) is 11.4 Å². The van der Waals surface area contributed by atoms with Crippen LogP contribution in [-0.2, 0) is 14.6 Å². The predicted molar refractivity (Wildman–Crippen MR) is 56.2 cm³/mol. The van der Waals surface area contributed by atoms with E-state index in [0.29, 0.717) is 6.54 Å². The maximum Gasteiger partial charge on any atom is 0.151 e. The second-order valence-electron chi connectivity index (χ2n) is 4.10. The summed E-state index contributed by atoms with van der Waals surface area (Å²) in [6.45, 7) is 6.03. The topological polar surface area (TPSA) is 46.6 Å². The zero-order valence-corrected chi connectivity index (χ0v) is 9.93. The molecule has 0 aliphatic carbocycles. The first kappa shape index (κ1) is 11.9. The van der Waals surface area contributed by atoms with Crippen molar-refractivity contribution < 1.29 is 13.2 Å².